The highest BCUT2D eigenvalue weighted by Gasteiger charge is 2.36. The van der Waals surface area contributed by atoms with Gasteiger partial charge in [-0.2, -0.15) is 4.39 Å². The van der Waals surface area contributed by atoms with E-state index in [1.54, 1.807) is 6.07 Å². The molecule has 0 saturated carbocycles. The number of carbonyl (C=O) groups is 1. The predicted octanol–water partition coefficient (Wildman–Crippen LogP) is 12.3. The molecule has 1 aromatic rings. The third-order valence-corrected chi connectivity index (χ3v) is 11.0. The van der Waals surface area contributed by atoms with E-state index in [9.17, 15) is 9.18 Å². The summed E-state index contributed by atoms with van der Waals surface area (Å²) >= 11 is 0. The minimum Gasteiger partial charge on any atom is -0.457 e. The van der Waals surface area contributed by atoms with E-state index in [0.717, 1.165) is 60.5 Å². The monoisotopic (exact) mass is 656 g/mol. The quantitative estimate of drug-likeness (QED) is 0.185. The van der Waals surface area contributed by atoms with Crippen molar-refractivity contribution in [3.8, 4) is 5.75 Å². The van der Waals surface area contributed by atoms with Gasteiger partial charge in [0.25, 0.3) is 6.36 Å². The maximum Gasteiger partial charge on any atom is 0.257 e. The molecule has 4 aliphatic rings. The Kier molecular flexibility index (Phi) is 11.4. The van der Waals surface area contributed by atoms with Gasteiger partial charge in [0.05, 0.1) is 0 Å². The fraction of sp³-hybridized carbons (Fsp3) is 0.370. The fourth-order valence-electron chi connectivity index (χ4n) is 7.87. The molecule has 0 radical (unpaired) electrons. The summed E-state index contributed by atoms with van der Waals surface area (Å²) in [7, 11) is 0. The van der Waals surface area contributed by atoms with Crippen LogP contribution in [0.1, 0.15) is 85.1 Å². The van der Waals surface area contributed by atoms with Gasteiger partial charge in [-0.15, -0.1) is 0 Å². The molecule has 0 fully saturated rings. The van der Waals surface area contributed by atoms with Crippen LogP contribution in [-0.4, -0.2) is 12.1 Å². The largest absolute Gasteiger partial charge is 0.457 e. The number of hydrogen-bond acceptors (Lipinski definition) is 2. The number of rotatable bonds is 10. The van der Waals surface area contributed by atoms with Crippen LogP contribution in [0.5, 0.6) is 5.75 Å². The number of alkyl halides is 1. The molecule has 3 heteroatoms. The Labute approximate surface area is 294 Å². The lowest BCUT2D eigenvalue weighted by atomic mass is 9.75. The first-order valence-electron chi connectivity index (χ1n) is 18.0. The highest BCUT2D eigenvalue weighted by atomic mass is 19.1. The van der Waals surface area contributed by atoms with Crippen LogP contribution in [0.15, 0.2) is 154 Å². The Hall–Kier alpha value is -4.24. The Morgan fingerprint density at radius 3 is 2.65 bits per heavy atom. The second-order valence-electron chi connectivity index (χ2n) is 14.4. The molecule has 1 aromatic carbocycles. The van der Waals surface area contributed by atoms with Gasteiger partial charge in [0.1, 0.15) is 5.75 Å². The smallest absolute Gasteiger partial charge is 0.257 e. The van der Waals surface area contributed by atoms with Gasteiger partial charge in [0.15, 0.2) is 5.78 Å². The summed E-state index contributed by atoms with van der Waals surface area (Å²) in [5.41, 5.74) is 13.1. The zero-order valence-electron chi connectivity index (χ0n) is 30.3. The average Bonchev–Trinajstić information content (AvgIpc) is 3.28. The molecule has 49 heavy (non-hydrogen) atoms. The number of hydrogen-bond donors (Lipinski definition) is 0. The molecule has 6 unspecified atom stereocenters. The number of benzene rings is 1. The first-order valence-corrected chi connectivity index (χ1v) is 18.0. The fourth-order valence-corrected chi connectivity index (χ4v) is 7.87. The lowest BCUT2D eigenvalue weighted by Crippen LogP contribution is -2.21. The maximum absolute atomic E-state index is 13.9. The molecule has 0 aromatic heterocycles. The number of carbonyl (C=O) groups excluding carboxylic acids is 1. The molecule has 6 atom stereocenters. The number of allylic oxidation sites excluding steroid dienone is 18. The van der Waals surface area contributed by atoms with E-state index < -0.39 is 6.36 Å². The van der Waals surface area contributed by atoms with Crippen molar-refractivity contribution in [2.75, 3.05) is 0 Å². The SMILES string of the molecule is C=CC(F)Oc1cccc(C(C)C(C)=CC(=O)C2CCC=C(C3=C4C(=C)C(C5=CC(CC)CC=CC=C5C)=CC4C(=C)C=C3C)CC2C)c1. The number of ether oxygens (including phenoxy) is 1. The third kappa shape index (κ3) is 7.82. The van der Waals surface area contributed by atoms with Crippen molar-refractivity contribution in [1.82, 2.24) is 0 Å². The van der Waals surface area contributed by atoms with Crippen LogP contribution < -0.4 is 4.74 Å². The van der Waals surface area contributed by atoms with E-state index in [0.29, 0.717) is 11.7 Å². The molecule has 256 valence electrons. The Balaban J connectivity index is 1.38. The highest BCUT2D eigenvalue weighted by Crippen LogP contribution is 2.51. The Morgan fingerprint density at radius 2 is 1.92 bits per heavy atom. The molecule has 0 amide bonds. The zero-order chi connectivity index (χ0) is 35.4. The van der Waals surface area contributed by atoms with Gasteiger partial charge in [-0.3, -0.25) is 4.79 Å². The standard InChI is InChI=1S/C46H53FO2/c1-10-35-17-13-12-16-28(3)40(25-35)42-27-41-30(5)22-32(7)45(46(41)34(42)9)37-19-15-21-39(31(6)23-37)43(48)24-29(4)33(8)36-18-14-20-38(26-36)49-44(47)11-2/h11-14,16,18-20,22,24-27,31,33,35,39,41,44H,2,5,9-10,15,17,21,23H2,1,3-4,6-8H3. The van der Waals surface area contributed by atoms with E-state index in [1.165, 1.54) is 39.0 Å². The van der Waals surface area contributed by atoms with Crippen molar-refractivity contribution in [3.05, 3.63) is 160 Å². The molecule has 0 heterocycles. The van der Waals surface area contributed by atoms with Crippen molar-refractivity contribution in [2.45, 2.75) is 85.9 Å². The van der Waals surface area contributed by atoms with Gasteiger partial charge in [0.2, 0.25) is 0 Å². The van der Waals surface area contributed by atoms with Gasteiger partial charge in [-0.05, 0) is 145 Å². The molecule has 5 rings (SSSR count). The van der Waals surface area contributed by atoms with Gasteiger partial charge in [-0.1, -0.05) is 101 Å². The first-order chi connectivity index (χ1) is 23.4. The van der Waals surface area contributed by atoms with Crippen LogP contribution in [0.25, 0.3) is 0 Å². The number of halogens is 1. The normalized spacial score (nSPS) is 25.9. The summed E-state index contributed by atoms with van der Waals surface area (Å²) in [6.07, 6.45) is 22.2. The van der Waals surface area contributed by atoms with Gasteiger partial charge < -0.3 is 4.74 Å². The number of fused-ring (bicyclic) bond motifs is 1. The topological polar surface area (TPSA) is 26.3 Å². The molecule has 0 bridgehead atoms. The summed E-state index contributed by atoms with van der Waals surface area (Å²) in [5.74, 6) is 1.33. The Morgan fingerprint density at radius 1 is 1.14 bits per heavy atom. The van der Waals surface area contributed by atoms with Crippen LogP contribution in [-0.2, 0) is 4.79 Å². The summed E-state index contributed by atoms with van der Waals surface area (Å²) < 4.78 is 19.1. The predicted molar refractivity (Wildman–Crippen MR) is 204 cm³/mol. The van der Waals surface area contributed by atoms with Crippen LogP contribution >= 0.6 is 0 Å². The molecule has 4 aliphatic carbocycles. The average molecular weight is 657 g/mol. The molecule has 0 aliphatic heterocycles. The summed E-state index contributed by atoms with van der Waals surface area (Å²) in [5, 5.41) is 0. The van der Waals surface area contributed by atoms with E-state index in [1.807, 2.05) is 31.2 Å². The summed E-state index contributed by atoms with van der Waals surface area (Å²) in [6, 6.07) is 7.42. The van der Waals surface area contributed by atoms with E-state index in [4.69, 9.17) is 11.3 Å². The molecule has 2 nitrogen and oxygen atoms in total. The van der Waals surface area contributed by atoms with Crippen molar-refractivity contribution in [3.63, 3.8) is 0 Å². The second-order valence-corrected chi connectivity index (χ2v) is 14.4. The van der Waals surface area contributed by atoms with Gasteiger partial charge in [0, 0.05) is 17.8 Å². The van der Waals surface area contributed by atoms with Crippen LogP contribution in [0, 0.1) is 23.7 Å². The zero-order valence-corrected chi connectivity index (χ0v) is 30.3. The van der Waals surface area contributed by atoms with Gasteiger partial charge in [-0.25, -0.2) is 0 Å². The third-order valence-electron chi connectivity index (χ3n) is 11.0. The van der Waals surface area contributed by atoms with Crippen LogP contribution in [0.3, 0.4) is 0 Å². The van der Waals surface area contributed by atoms with Crippen molar-refractivity contribution >= 4 is 5.78 Å². The lowest BCUT2D eigenvalue weighted by Gasteiger charge is -2.28. The molecule has 0 spiro atoms. The minimum absolute atomic E-state index is 0.0128. The van der Waals surface area contributed by atoms with Crippen LogP contribution in [0.4, 0.5) is 4.39 Å². The molecular weight excluding hydrogens is 604 g/mol. The molecular formula is C46H53FO2. The van der Waals surface area contributed by atoms with E-state index >= 15 is 0 Å². The summed E-state index contributed by atoms with van der Waals surface area (Å²) in [6.45, 7) is 25.7. The van der Waals surface area contributed by atoms with Crippen molar-refractivity contribution < 1.29 is 13.9 Å². The highest BCUT2D eigenvalue weighted by molar-refractivity contribution is 5.92. The van der Waals surface area contributed by atoms with E-state index in [2.05, 4.69) is 90.3 Å². The van der Waals surface area contributed by atoms with Crippen molar-refractivity contribution in [1.29, 1.82) is 0 Å². The minimum atomic E-state index is -1.56. The summed E-state index contributed by atoms with van der Waals surface area (Å²) in [4.78, 5) is 13.9. The second kappa shape index (κ2) is 15.5. The van der Waals surface area contributed by atoms with Gasteiger partial charge >= 0.3 is 0 Å². The molecule has 0 N–H and O–H groups in total. The first kappa shape index (κ1) is 36.1. The van der Waals surface area contributed by atoms with Crippen LogP contribution in [0.2, 0.25) is 0 Å². The maximum atomic E-state index is 13.9. The number of ketones is 1. The van der Waals surface area contributed by atoms with Crippen molar-refractivity contribution in [2.24, 2.45) is 23.7 Å². The Bertz CT molecular complexity index is 1780. The van der Waals surface area contributed by atoms with E-state index in [-0.39, 0.29) is 29.5 Å². The molecule has 0 saturated heterocycles. The lowest BCUT2D eigenvalue weighted by molar-refractivity contribution is -0.119.